The second-order valence-electron chi connectivity index (χ2n) is 8.13. The summed E-state index contributed by atoms with van der Waals surface area (Å²) in [5.74, 6) is 1.37. The Morgan fingerprint density at radius 1 is 0.657 bits per heavy atom. The van der Waals surface area contributed by atoms with Gasteiger partial charge >= 0.3 is 0 Å². The molecule has 0 aliphatic carbocycles. The molecular weight excluding hydrogens is 434 g/mol. The summed E-state index contributed by atoms with van der Waals surface area (Å²) in [5.41, 5.74) is 3.24. The van der Waals surface area contributed by atoms with E-state index in [4.69, 9.17) is 9.47 Å². The molecule has 5 rings (SSSR count). The van der Waals surface area contributed by atoms with Crippen LogP contribution in [0.15, 0.2) is 121 Å². The van der Waals surface area contributed by atoms with E-state index in [1.807, 2.05) is 121 Å². The molecule has 0 atom stereocenters. The Balaban J connectivity index is 1.49. The minimum absolute atomic E-state index is 0.107. The van der Waals surface area contributed by atoms with Gasteiger partial charge in [0, 0.05) is 16.9 Å². The third-order valence-electron chi connectivity index (χ3n) is 5.90. The van der Waals surface area contributed by atoms with Gasteiger partial charge in [-0.3, -0.25) is 9.69 Å². The Labute approximate surface area is 205 Å². The first kappa shape index (κ1) is 22.2. The van der Waals surface area contributed by atoms with Gasteiger partial charge in [0.2, 0.25) is 0 Å². The molecule has 0 spiro atoms. The highest BCUT2D eigenvalue weighted by Crippen LogP contribution is 2.32. The predicted molar refractivity (Wildman–Crippen MR) is 141 cm³/mol. The lowest BCUT2D eigenvalue weighted by atomic mass is 10.0. The van der Waals surface area contributed by atoms with Gasteiger partial charge in [-0.15, -0.1) is 0 Å². The monoisotopic (exact) mass is 459 g/mol. The fourth-order valence-electron chi connectivity index (χ4n) is 4.08. The summed E-state index contributed by atoms with van der Waals surface area (Å²) in [6, 6.07) is 38.9. The van der Waals surface area contributed by atoms with Crippen LogP contribution in [0, 0.1) is 0 Å². The zero-order chi connectivity index (χ0) is 24.0. The molecule has 0 bridgehead atoms. The van der Waals surface area contributed by atoms with Gasteiger partial charge in [0.15, 0.2) is 0 Å². The summed E-state index contributed by atoms with van der Waals surface area (Å²) < 4.78 is 11.3. The summed E-state index contributed by atoms with van der Waals surface area (Å²) >= 11 is 0. The van der Waals surface area contributed by atoms with Crippen LogP contribution in [0.25, 0.3) is 10.8 Å². The van der Waals surface area contributed by atoms with Gasteiger partial charge in [0.25, 0.3) is 5.91 Å². The lowest BCUT2D eigenvalue weighted by Crippen LogP contribution is -2.26. The van der Waals surface area contributed by atoms with Gasteiger partial charge in [-0.05, 0) is 70.9 Å². The van der Waals surface area contributed by atoms with E-state index in [0.29, 0.717) is 12.2 Å². The number of amides is 1. The van der Waals surface area contributed by atoms with Crippen LogP contribution < -0.4 is 14.4 Å². The fraction of sp³-hybridized carbons (Fsp3) is 0.0645. The van der Waals surface area contributed by atoms with Crippen molar-refractivity contribution < 1.29 is 14.3 Å². The third-order valence-corrected chi connectivity index (χ3v) is 5.90. The number of anilines is 2. The van der Waals surface area contributed by atoms with Crippen molar-refractivity contribution in [1.82, 2.24) is 0 Å². The molecule has 4 nitrogen and oxygen atoms in total. The fourth-order valence-corrected chi connectivity index (χ4v) is 4.08. The van der Waals surface area contributed by atoms with Gasteiger partial charge in [-0.2, -0.15) is 0 Å². The normalized spacial score (nSPS) is 10.7. The zero-order valence-corrected chi connectivity index (χ0v) is 19.4. The molecule has 0 heterocycles. The largest absolute Gasteiger partial charge is 0.497 e. The Kier molecular flexibility index (Phi) is 6.44. The van der Waals surface area contributed by atoms with Crippen LogP contribution in [0.4, 0.5) is 11.4 Å². The van der Waals surface area contributed by atoms with Crippen molar-refractivity contribution in [2.45, 2.75) is 6.61 Å². The summed E-state index contributed by atoms with van der Waals surface area (Å²) in [6.07, 6.45) is 0. The Bertz CT molecular complexity index is 1420. The number of carbonyl (C=O) groups excluding carboxylic acids is 1. The minimum atomic E-state index is -0.107. The average Bonchev–Trinajstić information content (AvgIpc) is 2.93. The van der Waals surface area contributed by atoms with Crippen molar-refractivity contribution >= 4 is 28.1 Å². The number of benzene rings is 5. The van der Waals surface area contributed by atoms with E-state index in [9.17, 15) is 4.79 Å². The molecule has 0 aliphatic heterocycles. The van der Waals surface area contributed by atoms with Gasteiger partial charge in [0.05, 0.1) is 7.11 Å². The topological polar surface area (TPSA) is 38.8 Å². The summed E-state index contributed by atoms with van der Waals surface area (Å²) in [6.45, 7) is 0.483. The quantitative estimate of drug-likeness (QED) is 0.254. The third kappa shape index (κ3) is 4.87. The van der Waals surface area contributed by atoms with E-state index >= 15 is 0 Å². The summed E-state index contributed by atoms with van der Waals surface area (Å²) in [4.78, 5) is 15.7. The van der Waals surface area contributed by atoms with Crippen molar-refractivity contribution in [3.05, 3.63) is 132 Å². The van der Waals surface area contributed by atoms with Crippen LogP contribution in [-0.4, -0.2) is 13.0 Å². The standard InChI is InChI=1S/C31H25NO3/c1-34-27-18-14-25(15-19-27)32(31(33)30-13-7-11-24-10-5-6-12-29(24)30)26-16-20-28(21-17-26)35-22-23-8-3-2-4-9-23/h2-21H,22H2,1H3. The number of fused-ring (bicyclic) bond motifs is 1. The van der Waals surface area contributed by atoms with Crippen LogP contribution in [0.5, 0.6) is 11.5 Å². The highest BCUT2D eigenvalue weighted by molar-refractivity contribution is 6.17. The highest BCUT2D eigenvalue weighted by atomic mass is 16.5. The maximum atomic E-state index is 14.0. The number of hydrogen-bond donors (Lipinski definition) is 0. The lowest BCUT2D eigenvalue weighted by Gasteiger charge is -2.24. The van der Waals surface area contributed by atoms with E-state index in [0.717, 1.165) is 39.2 Å². The molecule has 4 heteroatoms. The average molecular weight is 460 g/mol. The van der Waals surface area contributed by atoms with Gasteiger partial charge in [-0.25, -0.2) is 0 Å². The van der Waals surface area contributed by atoms with Gasteiger partial charge < -0.3 is 9.47 Å². The molecule has 5 aromatic rings. The molecule has 0 fully saturated rings. The number of rotatable bonds is 7. The first-order valence-corrected chi connectivity index (χ1v) is 11.5. The molecule has 1 amide bonds. The molecule has 0 radical (unpaired) electrons. The SMILES string of the molecule is COc1ccc(N(C(=O)c2cccc3ccccc23)c2ccc(OCc3ccccc3)cc2)cc1. The van der Waals surface area contributed by atoms with Gasteiger partial charge in [-0.1, -0.05) is 66.7 Å². The molecular formula is C31H25NO3. The second-order valence-corrected chi connectivity index (χ2v) is 8.13. The van der Waals surface area contributed by atoms with E-state index in [1.54, 1.807) is 12.0 Å². The molecule has 0 unspecified atom stereocenters. The Morgan fingerprint density at radius 3 is 1.94 bits per heavy atom. The van der Waals surface area contributed by atoms with Crippen LogP contribution in [-0.2, 0) is 6.61 Å². The predicted octanol–water partition coefficient (Wildman–Crippen LogP) is 7.41. The van der Waals surface area contributed by atoms with E-state index < -0.39 is 0 Å². The number of hydrogen-bond acceptors (Lipinski definition) is 3. The van der Waals surface area contributed by atoms with E-state index in [2.05, 4.69) is 0 Å². The van der Waals surface area contributed by atoms with Crippen LogP contribution in [0.2, 0.25) is 0 Å². The van der Waals surface area contributed by atoms with Crippen LogP contribution in [0.3, 0.4) is 0 Å². The van der Waals surface area contributed by atoms with Crippen molar-refractivity contribution in [3.63, 3.8) is 0 Å². The molecule has 0 aliphatic rings. The molecule has 0 saturated carbocycles. The van der Waals surface area contributed by atoms with Crippen molar-refractivity contribution in [3.8, 4) is 11.5 Å². The van der Waals surface area contributed by atoms with Crippen LogP contribution >= 0.6 is 0 Å². The molecule has 172 valence electrons. The number of methoxy groups -OCH3 is 1. The number of ether oxygens (including phenoxy) is 2. The molecule has 0 N–H and O–H groups in total. The maximum Gasteiger partial charge on any atom is 0.263 e. The molecule has 0 aromatic heterocycles. The molecule has 35 heavy (non-hydrogen) atoms. The van der Waals surface area contributed by atoms with Gasteiger partial charge in [0.1, 0.15) is 18.1 Å². The van der Waals surface area contributed by atoms with Crippen molar-refractivity contribution in [2.75, 3.05) is 12.0 Å². The Hall–Kier alpha value is -4.57. The smallest absolute Gasteiger partial charge is 0.263 e. The first-order valence-electron chi connectivity index (χ1n) is 11.5. The second kappa shape index (κ2) is 10.1. The maximum absolute atomic E-state index is 14.0. The van der Waals surface area contributed by atoms with Crippen LogP contribution in [0.1, 0.15) is 15.9 Å². The van der Waals surface area contributed by atoms with E-state index in [1.165, 1.54) is 0 Å². The number of carbonyl (C=O) groups is 1. The summed E-state index contributed by atoms with van der Waals surface area (Å²) in [7, 11) is 1.63. The molecule has 5 aromatic carbocycles. The first-order chi connectivity index (χ1) is 17.2. The summed E-state index contributed by atoms with van der Waals surface area (Å²) in [5, 5.41) is 1.94. The van der Waals surface area contributed by atoms with Crippen molar-refractivity contribution in [1.29, 1.82) is 0 Å². The number of nitrogens with zero attached hydrogens (tertiary/aromatic N) is 1. The zero-order valence-electron chi connectivity index (χ0n) is 19.4. The highest BCUT2D eigenvalue weighted by Gasteiger charge is 2.22. The Morgan fingerprint density at radius 2 is 1.26 bits per heavy atom. The van der Waals surface area contributed by atoms with Crippen molar-refractivity contribution in [2.24, 2.45) is 0 Å². The van der Waals surface area contributed by atoms with E-state index in [-0.39, 0.29) is 5.91 Å². The minimum Gasteiger partial charge on any atom is -0.497 e. The lowest BCUT2D eigenvalue weighted by molar-refractivity contribution is 0.100. The molecule has 0 saturated heterocycles.